The number of hydrogen-bond donors (Lipinski definition) is 0. The molecule has 1 aliphatic rings. The molecule has 1 aromatic carbocycles. The van der Waals surface area contributed by atoms with E-state index in [9.17, 15) is 4.79 Å². The molecule has 1 fully saturated rings. The molecular formula is C18H28N2O. The van der Waals surface area contributed by atoms with Crippen LogP contribution in [0.15, 0.2) is 30.3 Å². The average Bonchev–Trinajstić information content (AvgIpc) is 3.00. The van der Waals surface area contributed by atoms with E-state index < -0.39 is 0 Å². The largest absolute Gasteiger partial charge is 0.344 e. The fourth-order valence-corrected chi connectivity index (χ4v) is 3.27. The summed E-state index contributed by atoms with van der Waals surface area (Å²) in [5, 5.41) is 0. The number of amides is 1. The molecule has 0 N–H and O–H groups in total. The summed E-state index contributed by atoms with van der Waals surface area (Å²) in [7, 11) is 6.03. The van der Waals surface area contributed by atoms with Gasteiger partial charge in [0.25, 0.3) is 0 Å². The highest BCUT2D eigenvalue weighted by Gasteiger charge is 2.33. The Kier molecular flexibility index (Phi) is 5.80. The van der Waals surface area contributed by atoms with Gasteiger partial charge in [-0.25, -0.2) is 0 Å². The lowest BCUT2D eigenvalue weighted by atomic mass is 9.84. The summed E-state index contributed by atoms with van der Waals surface area (Å²) in [6.45, 7) is 1.70. The Bertz CT molecular complexity index is 438. The quantitative estimate of drug-likeness (QED) is 0.803. The molecule has 0 radical (unpaired) electrons. The molecule has 0 aliphatic heterocycles. The maximum atomic E-state index is 13.0. The maximum Gasteiger partial charge on any atom is 0.230 e. The first-order chi connectivity index (χ1) is 10.1. The van der Waals surface area contributed by atoms with Crippen LogP contribution in [0.25, 0.3) is 0 Å². The summed E-state index contributed by atoms with van der Waals surface area (Å²) in [5.74, 6) is 0.845. The van der Waals surface area contributed by atoms with Gasteiger partial charge in [-0.05, 0) is 38.4 Å². The summed E-state index contributed by atoms with van der Waals surface area (Å²) in [4.78, 5) is 17.0. The van der Waals surface area contributed by atoms with Crippen molar-refractivity contribution in [3.8, 4) is 0 Å². The predicted octanol–water partition coefficient (Wildman–Crippen LogP) is 2.98. The molecule has 0 aromatic heterocycles. The molecular weight excluding hydrogens is 260 g/mol. The van der Waals surface area contributed by atoms with E-state index in [4.69, 9.17) is 0 Å². The summed E-state index contributed by atoms with van der Waals surface area (Å²) >= 11 is 0. The zero-order chi connectivity index (χ0) is 15.2. The molecule has 0 heterocycles. The normalized spacial score (nSPS) is 17.1. The molecule has 2 rings (SSSR count). The van der Waals surface area contributed by atoms with Crippen molar-refractivity contribution in [3.63, 3.8) is 0 Å². The van der Waals surface area contributed by atoms with Crippen LogP contribution >= 0.6 is 0 Å². The monoisotopic (exact) mass is 288 g/mol. The van der Waals surface area contributed by atoms with Crippen molar-refractivity contribution in [2.75, 3.05) is 34.2 Å². The minimum Gasteiger partial charge on any atom is -0.344 e. The molecule has 1 amide bonds. The second-order valence-electron chi connectivity index (χ2n) is 6.50. The zero-order valence-electron chi connectivity index (χ0n) is 13.6. The van der Waals surface area contributed by atoms with Gasteiger partial charge in [0.1, 0.15) is 0 Å². The summed E-state index contributed by atoms with van der Waals surface area (Å²) < 4.78 is 0. The first-order valence-corrected chi connectivity index (χ1v) is 8.04. The predicted molar refractivity (Wildman–Crippen MR) is 87.3 cm³/mol. The van der Waals surface area contributed by atoms with Gasteiger partial charge in [0.05, 0.1) is 5.92 Å². The van der Waals surface area contributed by atoms with Crippen molar-refractivity contribution in [3.05, 3.63) is 35.9 Å². The molecule has 0 bridgehead atoms. The van der Waals surface area contributed by atoms with Crippen LogP contribution in [0, 0.1) is 5.92 Å². The van der Waals surface area contributed by atoms with Gasteiger partial charge in [-0.15, -0.1) is 0 Å². The van der Waals surface area contributed by atoms with Crippen molar-refractivity contribution < 1.29 is 4.79 Å². The third-order valence-electron chi connectivity index (χ3n) is 4.55. The molecule has 1 aliphatic carbocycles. The molecule has 21 heavy (non-hydrogen) atoms. The smallest absolute Gasteiger partial charge is 0.230 e. The third kappa shape index (κ3) is 4.31. The Morgan fingerprint density at radius 1 is 1.10 bits per heavy atom. The summed E-state index contributed by atoms with van der Waals surface area (Å²) in [6, 6.07) is 10.3. The lowest BCUT2D eigenvalue weighted by Crippen LogP contribution is -2.38. The van der Waals surface area contributed by atoms with E-state index in [1.165, 1.54) is 31.2 Å². The second kappa shape index (κ2) is 7.60. The van der Waals surface area contributed by atoms with E-state index in [1.54, 1.807) is 0 Å². The van der Waals surface area contributed by atoms with Crippen molar-refractivity contribution in [1.29, 1.82) is 0 Å². The number of hydrogen-bond acceptors (Lipinski definition) is 2. The number of nitrogens with zero attached hydrogens (tertiary/aromatic N) is 2. The van der Waals surface area contributed by atoms with E-state index in [-0.39, 0.29) is 11.8 Å². The van der Waals surface area contributed by atoms with Crippen molar-refractivity contribution >= 4 is 5.91 Å². The molecule has 116 valence electrons. The van der Waals surface area contributed by atoms with Gasteiger partial charge < -0.3 is 9.80 Å². The Balaban J connectivity index is 2.13. The fraction of sp³-hybridized carbons (Fsp3) is 0.611. The minimum atomic E-state index is 0.0425. The molecule has 1 atom stereocenters. The molecule has 0 saturated heterocycles. The number of rotatable bonds is 6. The minimum absolute atomic E-state index is 0.0425. The highest BCUT2D eigenvalue weighted by Crippen LogP contribution is 2.38. The van der Waals surface area contributed by atoms with E-state index in [0.717, 1.165) is 13.1 Å². The Morgan fingerprint density at radius 2 is 1.71 bits per heavy atom. The van der Waals surface area contributed by atoms with Gasteiger partial charge in [0.2, 0.25) is 5.91 Å². The van der Waals surface area contributed by atoms with Crippen LogP contribution in [-0.4, -0.2) is 49.9 Å². The number of carbonyl (C=O) groups excluding carboxylic acids is 1. The highest BCUT2D eigenvalue weighted by molar-refractivity contribution is 5.84. The molecule has 1 saturated carbocycles. The molecule has 1 unspecified atom stereocenters. The molecule has 0 spiro atoms. The van der Waals surface area contributed by atoms with Gasteiger partial charge in [-0.3, -0.25) is 4.79 Å². The van der Waals surface area contributed by atoms with Crippen LogP contribution in [0.2, 0.25) is 0 Å². The van der Waals surface area contributed by atoms with E-state index in [0.29, 0.717) is 5.92 Å². The zero-order valence-corrected chi connectivity index (χ0v) is 13.6. The number of likely N-dealkylation sites (N-methyl/N-ethyl adjacent to an activating group) is 2. The van der Waals surface area contributed by atoms with Crippen LogP contribution in [0.1, 0.15) is 37.2 Å². The van der Waals surface area contributed by atoms with Crippen LogP contribution in [0.3, 0.4) is 0 Å². The first-order valence-electron chi connectivity index (χ1n) is 8.04. The van der Waals surface area contributed by atoms with Gasteiger partial charge in [0.15, 0.2) is 0 Å². The molecule has 1 aromatic rings. The number of carbonyl (C=O) groups is 1. The van der Waals surface area contributed by atoms with Crippen molar-refractivity contribution in [2.24, 2.45) is 5.92 Å². The van der Waals surface area contributed by atoms with Gasteiger partial charge in [-0.2, -0.15) is 0 Å². The number of benzene rings is 1. The van der Waals surface area contributed by atoms with Crippen LogP contribution in [0.5, 0.6) is 0 Å². The standard InChI is InChI=1S/C18H28N2O/c1-19(2)13-14-20(3)18(21)17(16-11-7-8-12-16)15-9-5-4-6-10-15/h4-6,9-10,16-17H,7-8,11-14H2,1-3H3. The highest BCUT2D eigenvalue weighted by atomic mass is 16.2. The average molecular weight is 288 g/mol. The third-order valence-corrected chi connectivity index (χ3v) is 4.55. The Labute approximate surface area is 128 Å². The topological polar surface area (TPSA) is 23.6 Å². The Morgan fingerprint density at radius 3 is 2.29 bits per heavy atom. The van der Waals surface area contributed by atoms with E-state index in [2.05, 4.69) is 17.0 Å². The summed E-state index contributed by atoms with van der Waals surface area (Å²) in [5.41, 5.74) is 1.19. The fourth-order valence-electron chi connectivity index (χ4n) is 3.27. The van der Waals surface area contributed by atoms with E-state index in [1.807, 2.05) is 44.2 Å². The lowest BCUT2D eigenvalue weighted by molar-refractivity contribution is -0.132. The Hall–Kier alpha value is -1.35. The van der Waals surface area contributed by atoms with E-state index >= 15 is 0 Å². The maximum absolute atomic E-state index is 13.0. The van der Waals surface area contributed by atoms with Gasteiger partial charge in [0, 0.05) is 20.1 Å². The van der Waals surface area contributed by atoms with Crippen LogP contribution in [0.4, 0.5) is 0 Å². The van der Waals surface area contributed by atoms with Crippen LogP contribution < -0.4 is 0 Å². The molecule has 3 heteroatoms. The van der Waals surface area contributed by atoms with Gasteiger partial charge >= 0.3 is 0 Å². The second-order valence-corrected chi connectivity index (χ2v) is 6.50. The summed E-state index contributed by atoms with van der Waals surface area (Å²) in [6.07, 6.45) is 4.91. The van der Waals surface area contributed by atoms with Crippen LogP contribution in [-0.2, 0) is 4.79 Å². The van der Waals surface area contributed by atoms with Crippen molar-refractivity contribution in [2.45, 2.75) is 31.6 Å². The first kappa shape index (κ1) is 16.0. The van der Waals surface area contributed by atoms with Crippen molar-refractivity contribution in [1.82, 2.24) is 9.80 Å². The lowest BCUT2D eigenvalue weighted by Gasteiger charge is -2.29. The SMILES string of the molecule is CN(C)CCN(C)C(=O)C(c1ccccc1)C1CCCC1. The molecule has 3 nitrogen and oxygen atoms in total. The van der Waals surface area contributed by atoms with Gasteiger partial charge in [-0.1, -0.05) is 43.2 Å².